The van der Waals surface area contributed by atoms with E-state index in [4.69, 9.17) is 11.6 Å². The van der Waals surface area contributed by atoms with Crippen LogP contribution in [0.3, 0.4) is 0 Å². The highest BCUT2D eigenvalue weighted by atomic mass is 35.5. The van der Waals surface area contributed by atoms with Gasteiger partial charge >= 0.3 is 0 Å². The number of nitrogens with one attached hydrogen (secondary N) is 2. The third kappa shape index (κ3) is 6.80. The van der Waals surface area contributed by atoms with E-state index in [-0.39, 0.29) is 46.2 Å². The Morgan fingerprint density at radius 3 is 2.32 bits per heavy atom. The second-order valence-corrected chi connectivity index (χ2v) is 9.18. The summed E-state index contributed by atoms with van der Waals surface area (Å²) in [5.41, 5.74) is 0.200. The molecule has 0 saturated carbocycles. The van der Waals surface area contributed by atoms with E-state index in [1.165, 1.54) is 18.2 Å². The molecule has 1 aromatic carbocycles. The third-order valence-corrected chi connectivity index (χ3v) is 5.39. The maximum Gasteiger partial charge on any atom is 0.240 e. The quantitative estimate of drug-likeness (QED) is 0.729. The monoisotopic (exact) mass is 390 g/mol. The van der Waals surface area contributed by atoms with Crippen molar-refractivity contribution < 1.29 is 16.8 Å². The van der Waals surface area contributed by atoms with Gasteiger partial charge in [0.1, 0.15) is 0 Å². The summed E-state index contributed by atoms with van der Waals surface area (Å²) in [5.74, 6) is -0.359. The number of rotatable bonds is 7. The van der Waals surface area contributed by atoms with E-state index in [1.807, 2.05) is 6.92 Å². The van der Waals surface area contributed by atoms with Crippen LogP contribution in [0.2, 0.25) is 5.02 Å². The standard InChI is InChI=1S/C12H19ClN2O4S2.ClH/c1-9(14-2)7-15-21(18,19)12-6-11(13)5-4-10(12)8-20(3,16)17;/h4-6,9,14-15H,7-8H2,1-3H3;1H. The van der Waals surface area contributed by atoms with Crippen LogP contribution in [0.5, 0.6) is 0 Å². The largest absolute Gasteiger partial charge is 0.316 e. The molecule has 1 aromatic rings. The Bertz CT molecular complexity index is 706. The Hall–Kier alpha value is -0.380. The van der Waals surface area contributed by atoms with Gasteiger partial charge < -0.3 is 5.32 Å². The van der Waals surface area contributed by atoms with E-state index in [0.717, 1.165) is 6.26 Å². The van der Waals surface area contributed by atoms with Crippen LogP contribution in [0.1, 0.15) is 12.5 Å². The van der Waals surface area contributed by atoms with Gasteiger partial charge in [-0.25, -0.2) is 21.6 Å². The molecule has 0 radical (unpaired) electrons. The highest BCUT2D eigenvalue weighted by molar-refractivity contribution is 7.90. The molecule has 10 heteroatoms. The average Bonchev–Trinajstić information content (AvgIpc) is 2.36. The first kappa shape index (κ1) is 21.6. The van der Waals surface area contributed by atoms with Crippen LogP contribution in [0, 0.1) is 0 Å². The first-order valence-corrected chi connectivity index (χ1v) is 10.1. The van der Waals surface area contributed by atoms with Gasteiger partial charge in [0.25, 0.3) is 0 Å². The average molecular weight is 391 g/mol. The molecule has 1 unspecified atom stereocenters. The van der Waals surface area contributed by atoms with Gasteiger partial charge in [-0.15, -0.1) is 12.4 Å². The molecule has 0 fully saturated rings. The molecule has 0 aliphatic heterocycles. The lowest BCUT2D eigenvalue weighted by Gasteiger charge is -2.14. The van der Waals surface area contributed by atoms with E-state index in [1.54, 1.807) is 7.05 Å². The molecule has 0 aromatic heterocycles. The van der Waals surface area contributed by atoms with Crippen molar-refractivity contribution in [2.24, 2.45) is 0 Å². The summed E-state index contributed by atoms with van der Waals surface area (Å²) in [6.07, 6.45) is 1.05. The minimum absolute atomic E-state index is 0. The van der Waals surface area contributed by atoms with Crippen LogP contribution >= 0.6 is 24.0 Å². The van der Waals surface area contributed by atoms with Gasteiger partial charge in [-0.1, -0.05) is 17.7 Å². The number of hydrogen-bond donors (Lipinski definition) is 2. The molecular formula is C12H20Cl2N2O4S2. The predicted molar refractivity (Wildman–Crippen MR) is 91.0 cm³/mol. The first-order chi connectivity index (χ1) is 9.55. The maximum atomic E-state index is 12.3. The number of sulfone groups is 1. The van der Waals surface area contributed by atoms with Gasteiger partial charge in [-0.05, 0) is 31.7 Å². The summed E-state index contributed by atoms with van der Waals surface area (Å²) in [6.45, 7) is 2.00. The molecule has 6 nitrogen and oxygen atoms in total. The zero-order chi connectivity index (χ0) is 16.3. The smallest absolute Gasteiger partial charge is 0.240 e. The molecule has 22 heavy (non-hydrogen) atoms. The number of sulfonamides is 1. The summed E-state index contributed by atoms with van der Waals surface area (Å²) < 4.78 is 49.9. The third-order valence-electron chi connectivity index (χ3n) is 2.81. The fourth-order valence-electron chi connectivity index (χ4n) is 1.59. The number of likely N-dealkylation sites (N-methyl/N-ethyl adjacent to an activating group) is 1. The lowest BCUT2D eigenvalue weighted by Crippen LogP contribution is -2.37. The second-order valence-electron chi connectivity index (χ2n) is 4.86. The van der Waals surface area contributed by atoms with E-state index < -0.39 is 19.9 Å². The van der Waals surface area contributed by atoms with Gasteiger partial charge in [-0.2, -0.15) is 0 Å². The van der Waals surface area contributed by atoms with Gasteiger partial charge in [0.05, 0.1) is 10.6 Å². The molecule has 1 atom stereocenters. The Morgan fingerprint density at radius 1 is 1.23 bits per heavy atom. The normalized spacial score (nSPS) is 13.5. The van der Waals surface area contributed by atoms with Crippen molar-refractivity contribution >= 4 is 43.9 Å². The van der Waals surface area contributed by atoms with Gasteiger partial charge in [0.2, 0.25) is 10.0 Å². The van der Waals surface area contributed by atoms with Crippen molar-refractivity contribution in [3.8, 4) is 0 Å². The van der Waals surface area contributed by atoms with Crippen LogP contribution in [0.15, 0.2) is 23.1 Å². The molecule has 0 saturated heterocycles. The predicted octanol–water partition coefficient (Wildman–Crippen LogP) is 1.19. The molecule has 2 N–H and O–H groups in total. The SMILES string of the molecule is CNC(C)CNS(=O)(=O)c1cc(Cl)ccc1CS(C)(=O)=O.Cl. The lowest BCUT2D eigenvalue weighted by atomic mass is 10.2. The topological polar surface area (TPSA) is 92.3 Å². The molecule has 128 valence electrons. The summed E-state index contributed by atoms with van der Waals surface area (Å²) in [7, 11) is -5.47. The Labute approximate surface area is 143 Å². The maximum absolute atomic E-state index is 12.3. The molecule has 1 rings (SSSR count). The zero-order valence-electron chi connectivity index (χ0n) is 12.5. The molecule has 0 amide bonds. The molecule has 0 heterocycles. The fraction of sp³-hybridized carbons (Fsp3) is 0.500. The van der Waals surface area contributed by atoms with Crippen LogP contribution < -0.4 is 10.0 Å². The van der Waals surface area contributed by atoms with Crippen molar-refractivity contribution in [1.29, 1.82) is 0 Å². The van der Waals surface area contributed by atoms with E-state index in [2.05, 4.69) is 10.0 Å². The minimum Gasteiger partial charge on any atom is -0.316 e. The van der Waals surface area contributed by atoms with Crippen molar-refractivity contribution in [2.75, 3.05) is 19.8 Å². The molecule has 0 bridgehead atoms. The second kappa shape index (κ2) is 8.47. The molecule has 0 aliphatic rings. The molecule has 0 aliphatic carbocycles. The number of benzene rings is 1. The van der Waals surface area contributed by atoms with Crippen LogP contribution in [0.4, 0.5) is 0 Å². The Kier molecular flexibility index (Phi) is 8.32. The highest BCUT2D eigenvalue weighted by Crippen LogP contribution is 2.22. The summed E-state index contributed by atoms with van der Waals surface area (Å²) in [4.78, 5) is -0.108. The summed E-state index contributed by atoms with van der Waals surface area (Å²) >= 11 is 5.83. The molecular weight excluding hydrogens is 371 g/mol. The zero-order valence-corrected chi connectivity index (χ0v) is 15.7. The van der Waals surface area contributed by atoms with Crippen molar-refractivity contribution in [2.45, 2.75) is 23.6 Å². The van der Waals surface area contributed by atoms with Crippen LogP contribution in [-0.4, -0.2) is 42.7 Å². The van der Waals surface area contributed by atoms with E-state index in [9.17, 15) is 16.8 Å². The number of hydrogen-bond acceptors (Lipinski definition) is 5. The molecule has 0 spiro atoms. The van der Waals surface area contributed by atoms with Crippen molar-refractivity contribution in [3.05, 3.63) is 28.8 Å². The van der Waals surface area contributed by atoms with E-state index >= 15 is 0 Å². The fourth-order valence-corrected chi connectivity index (χ4v) is 4.13. The van der Waals surface area contributed by atoms with Gasteiger partial charge in [0.15, 0.2) is 9.84 Å². The summed E-state index contributed by atoms with van der Waals surface area (Å²) in [6, 6.07) is 4.09. The Morgan fingerprint density at radius 2 is 1.82 bits per heavy atom. The number of halogens is 2. The van der Waals surface area contributed by atoms with Gasteiger partial charge in [-0.3, -0.25) is 0 Å². The van der Waals surface area contributed by atoms with E-state index in [0.29, 0.717) is 0 Å². The first-order valence-electron chi connectivity index (χ1n) is 6.18. The van der Waals surface area contributed by atoms with Crippen molar-refractivity contribution in [1.82, 2.24) is 10.0 Å². The van der Waals surface area contributed by atoms with Gasteiger partial charge in [0, 0.05) is 23.9 Å². The summed E-state index contributed by atoms with van der Waals surface area (Å²) in [5, 5.41) is 3.14. The van der Waals surface area contributed by atoms with Crippen LogP contribution in [0.25, 0.3) is 0 Å². The van der Waals surface area contributed by atoms with Crippen LogP contribution in [-0.2, 0) is 25.6 Å². The van der Waals surface area contributed by atoms with Crippen molar-refractivity contribution in [3.63, 3.8) is 0 Å². The Balaban J connectivity index is 0.00000441. The highest BCUT2D eigenvalue weighted by Gasteiger charge is 2.21. The minimum atomic E-state index is -3.83. The lowest BCUT2D eigenvalue weighted by molar-refractivity contribution is 0.553.